The normalized spacial score (nSPS) is 11.9. The SMILES string of the molecule is CC(O)C(=O)OC(=O)c1cccnc1. The highest BCUT2D eigenvalue weighted by molar-refractivity contribution is 5.97. The fraction of sp³-hybridized carbons (Fsp3) is 0.222. The van der Waals surface area contributed by atoms with Crippen LogP contribution >= 0.6 is 0 Å². The predicted molar refractivity (Wildman–Crippen MR) is 46.3 cm³/mol. The lowest BCUT2D eigenvalue weighted by Crippen LogP contribution is -2.22. The van der Waals surface area contributed by atoms with Crippen molar-refractivity contribution >= 4 is 11.9 Å². The first-order valence-corrected chi connectivity index (χ1v) is 3.95. The molecule has 0 saturated carbocycles. The molecule has 1 heterocycles. The molecule has 0 amide bonds. The lowest BCUT2D eigenvalue weighted by Gasteiger charge is -2.03. The summed E-state index contributed by atoms with van der Waals surface area (Å²) in [6, 6.07) is 3.01. The third-order valence-corrected chi connectivity index (χ3v) is 1.43. The smallest absolute Gasteiger partial charge is 0.347 e. The summed E-state index contributed by atoms with van der Waals surface area (Å²) >= 11 is 0. The monoisotopic (exact) mass is 195 g/mol. The Balaban J connectivity index is 2.65. The van der Waals surface area contributed by atoms with Gasteiger partial charge in [-0.2, -0.15) is 0 Å². The van der Waals surface area contributed by atoms with Gasteiger partial charge < -0.3 is 9.84 Å². The molecule has 1 aromatic heterocycles. The Kier molecular flexibility index (Phi) is 3.30. The van der Waals surface area contributed by atoms with E-state index in [-0.39, 0.29) is 5.56 Å². The molecule has 5 nitrogen and oxygen atoms in total. The molecular formula is C9H9NO4. The summed E-state index contributed by atoms with van der Waals surface area (Å²) in [4.78, 5) is 25.7. The zero-order valence-electron chi connectivity index (χ0n) is 7.51. The maximum absolute atomic E-state index is 11.2. The van der Waals surface area contributed by atoms with Gasteiger partial charge in [0.2, 0.25) is 0 Å². The van der Waals surface area contributed by atoms with Crippen LogP contribution in [0.4, 0.5) is 0 Å². The van der Waals surface area contributed by atoms with Crippen molar-refractivity contribution in [3.63, 3.8) is 0 Å². The standard InChI is InChI=1S/C9H9NO4/c1-6(11)8(12)14-9(13)7-3-2-4-10-5-7/h2-6,11H,1H3. The second-order valence-electron chi connectivity index (χ2n) is 2.63. The summed E-state index contributed by atoms with van der Waals surface area (Å²) < 4.78 is 4.33. The number of nitrogens with zero attached hydrogens (tertiary/aromatic N) is 1. The molecule has 14 heavy (non-hydrogen) atoms. The van der Waals surface area contributed by atoms with Crippen molar-refractivity contribution in [2.45, 2.75) is 13.0 Å². The van der Waals surface area contributed by atoms with Gasteiger partial charge in [-0.3, -0.25) is 4.98 Å². The molecule has 0 aromatic carbocycles. The molecule has 0 aliphatic rings. The molecular weight excluding hydrogens is 186 g/mol. The fourth-order valence-corrected chi connectivity index (χ4v) is 0.719. The minimum atomic E-state index is -1.31. The highest BCUT2D eigenvalue weighted by Crippen LogP contribution is 2.00. The average Bonchev–Trinajstić information content (AvgIpc) is 2.19. The Morgan fingerprint density at radius 1 is 1.57 bits per heavy atom. The zero-order valence-corrected chi connectivity index (χ0v) is 7.51. The van der Waals surface area contributed by atoms with Crippen LogP contribution in [0.3, 0.4) is 0 Å². The molecule has 0 spiro atoms. The Morgan fingerprint density at radius 3 is 2.79 bits per heavy atom. The van der Waals surface area contributed by atoms with Crippen molar-refractivity contribution < 1.29 is 19.4 Å². The molecule has 1 aromatic rings. The number of carbonyl (C=O) groups excluding carboxylic acids is 2. The summed E-state index contributed by atoms with van der Waals surface area (Å²) in [6.07, 6.45) is 1.46. The van der Waals surface area contributed by atoms with E-state index in [9.17, 15) is 9.59 Å². The quantitative estimate of drug-likeness (QED) is 0.536. The lowest BCUT2D eigenvalue weighted by molar-refractivity contribution is -0.146. The van der Waals surface area contributed by atoms with Crippen molar-refractivity contribution in [2.24, 2.45) is 0 Å². The minimum Gasteiger partial charge on any atom is -0.387 e. The first-order chi connectivity index (χ1) is 6.61. The van der Waals surface area contributed by atoms with Crippen LogP contribution in [0.5, 0.6) is 0 Å². The maximum Gasteiger partial charge on any atom is 0.347 e. The van der Waals surface area contributed by atoms with Crippen LogP contribution in [0.25, 0.3) is 0 Å². The molecule has 5 heteroatoms. The van der Waals surface area contributed by atoms with Crippen LogP contribution in [0.1, 0.15) is 17.3 Å². The van der Waals surface area contributed by atoms with E-state index in [0.29, 0.717) is 0 Å². The number of aliphatic hydroxyl groups is 1. The highest BCUT2D eigenvalue weighted by Gasteiger charge is 2.16. The fourth-order valence-electron chi connectivity index (χ4n) is 0.719. The van der Waals surface area contributed by atoms with Crippen LogP contribution in [0.15, 0.2) is 24.5 Å². The van der Waals surface area contributed by atoms with Crippen LogP contribution in [-0.4, -0.2) is 28.1 Å². The van der Waals surface area contributed by atoms with E-state index in [0.717, 1.165) is 0 Å². The van der Waals surface area contributed by atoms with E-state index in [1.807, 2.05) is 0 Å². The van der Waals surface area contributed by atoms with Gasteiger partial charge in [-0.25, -0.2) is 9.59 Å². The summed E-state index contributed by atoms with van der Waals surface area (Å²) in [7, 11) is 0. The Labute approximate surface area is 80.3 Å². The molecule has 0 bridgehead atoms. The summed E-state index contributed by atoms with van der Waals surface area (Å²) in [5.74, 6) is -1.79. The zero-order chi connectivity index (χ0) is 10.6. The van der Waals surface area contributed by atoms with Gasteiger partial charge in [-0.15, -0.1) is 0 Å². The largest absolute Gasteiger partial charge is 0.387 e. The number of aromatic nitrogens is 1. The highest BCUT2D eigenvalue weighted by atomic mass is 16.6. The number of hydrogen-bond donors (Lipinski definition) is 1. The summed E-state index contributed by atoms with van der Waals surface area (Å²) in [5, 5.41) is 8.77. The Bertz CT molecular complexity index is 334. The van der Waals surface area contributed by atoms with Crippen LogP contribution in [0.2, 0.25) is 0 Å². The Hall–Kier alpha value is -1.75. The topological polar surface area (TPSA) is 76.5 Å². The van der Waals surface area contributed by atoms with Gasteiger partial charge in [0.15, 0.2) is 0 Å². The Morgan fingerprint density at radius 2 is 2.29 bits per heavy atom. The number of ether oxygens (including phenoxy) is 1. The molecule has 0 aliphatic heterocycles. The molecule has 1 N–H and O–H groups in total. The second kappa shape index (κ2) is 4.48. The summed E-state index contributed by atoms with van der Waals surface area (Å²) in [6.45, 7) is 1.22. The number of aliphatic hydroxyl groups excluding tert-OH is 1. The van der Waals surface area contributed by atoms with Crippen molar-refractivity contribution in [1.29, 1.82) is 0 Å². The van der Waals surface area contributed by atoms with Crippen molar-refractivity contribution in [2.75, 3.05) is 0 Å². The molecule has 0 fully saturated rings. The number of hydrogen-bond acceptors (Lipinski definition) is 5. The first-order valence-electron chi connectivity index (χ1n) is 3.95. The lowest BCUT2D eigenvalue weighted by atomic mass is 10.3. The van der Waals surface area contributed by atoms with Gasteiger partial charge in [0.25, 0.3) is 0 Å². The van der Waals surface area contributed by atoms with Gasteiger partial charge in [-0.05, 0) is 19.1 Å². The van der Waals surface area contributed by atoms with Crippen molar-refractivity contribution in [3.05, 3.63) is 30.1 Å². The molecule has 74 valence electrons. The van der Waals surface area contributed by atoms with Gasteiger partial charge in [0, 0.05) is 12.4 Å². The van der Waals surface area contributed by atoms with E-state index >= 15 is 0 Å². The molecule has 1 rings (SSSR count). The van der Waals surface area contributed by atoms with E-state index in [1.54, 1.807) is 6.07 Å². The number of carbonyl (C=O) groups is 2. The average molecular weight is 195 g/mol. The minimum absolute atomic E-state index is 0.168. The third-order valence-electron chi connectivity index (χ3n) is 1.43. The maximum atomic E-state index is 11.2. The number of esters is 2. The summed E-state index contributed by atoms with van der Waals surface area (Å²) in [5.41, 5.74) is 0.168. The van der Waals surface area contributed by atoms with Gasteiger partial charge in [-0.1, -0.05) is 0 Å². The van der Waals surface area contributed by atoms with Crippen LogP contribution in [-0.2, 0) is 9.53 Å². The molecule has 0 saturated heterocycles. The van der Waals surface area contributed by atoms with Crippen LogP contribution in [0, 0.1) is 0 Å². The van der Waals surface area contributed by atoms with Gasteiger partial charge >= 0.3 is 11.9 Å². The van der Waals surface area contributed by atoms with Crippen molar-refractivity contribution in [3.8, 4) is 0 Å². The predicted octanol–water partition coefficient (Wildman–Crippen LogP) is 0.146. The first kappa shape index (κ1) is 10.3. The number of pyridine rings is 1. The molecule has 0 radical (unpaired) electrons. The van der Waals surface area contributed by atoms with E-state index in [4.69, 9.17) is 5.11 Å². The second-order valence-corrected chi connectivity index (χ2v) is 2.63. The van der Waals surface area contributed by atoms with Gasteiger partial charge in [0.1, 0.15) is 6.10 Å². The van der Waals surface area contributed by atoms with Crippen LogP contribution < -0.4 is 0 Å². The molecule has 1 atom stereocenters. The van der Waals surface area contributed by atoms with E-state index < -0.39 is 18.0 Å². The van der Waals surface area contributed by atoms with E-state index in [1.165, 1.54) is 25.4 Å². The number of rotatable bonds is 2. The van der Waals surface area contributed by atoms with Crippen molar-refractivity contribution in [1.82, 2.24) is 4.98 Å². The van der Waals surface area contributed by atoms with Gasteiger partial charge in [0.05, 0.1) is 5.56 Å². The van der Waals surface area contributed by atoms with E-state index in [2.05, 4.69) is 9.72 Å². The molecule has 0 aliphatic carbocycles. The third kappa shape index (κ3) is 2.63. The molecule has 1 unspecified atom stereocenters.